The van der Waals surface area contributed by atoms with E-state index in [4.69, 9.17) is 34.8 Å². The second-order valence-electron chi connectivity index (χ2n) is 9.70. The Labute approximate surface area is 238 Å². The number of carbonyl (C=O) groups excluding carboxylic acids is 2. The van der Waals surface area contributed by atoms with E-state index < -0.39 is 17.8 Å². The summed E-state index contributed by atoms with van der Waals surface area (Å²) in [6.07, 6.45) is 5.13. The second-order valence-corrected chi connectivity index (χ2v) is 10.9. The number of amides is 2. The first kappa shape index (κ1) is 28.4. The van der Waals surface area contributed by atoms with Crippen molar-refractivity contribution in [3.8, 4) is 0 Å². The molecule has 0 bridgehead atoms. The first-order valence-corrected chi connectivity index (χ1v) is 14.0. The van der Waals surface area contributed by atoms with Crippen molar-refractivity contribution in [1.82, 2.24) is 10.2 Å². The van der Waals surface area contributed by atoms with Crippen molar-refractivity contribution in [2.75, 3.05) is 0 Å². The average Bonchev–Trinajstić information content (AvgIpc) is 2.91. The van der Waals surface area contributed by atoms with Gasteiger partial charge in [-0.15, -0.1) is 0 Å². The Morgan fingerprint density at radius 2 is 1.61 bits per heavy atom. The molecule has 1 N–H and O–H groups in total. The standard InChI is InChI=1S/C30H30Cl3FN2O2/c31-24-12-7-13-27(34)23(24)18-29(37)36(19-21-14-15-25(32)26(33)16-21)28(17-20-8-3-1-4-9-20)30(38)35-22-10-5-2-6-11-22/h1,3-4,7-9,12-16,22,28H,2,5-6,10-11,17-19H2,(H,35,38)/t28-/m1/s1. The van der Waals surface area contributed by atoms with Crippen molar-refractivity contribution in [2.45, 2.75) is 63.6 Å². The number of nitrogens with one attached hydrogen (secondary N) is 1. The lowest BCUT2D eigenvalue weighted by Crippen LogP contribution is -2.53. The number of rotatable bonds is 9. The summed E-state index contributed by atoms with van der Waals surface area (Å²) in [5.74, 6) is -1.21. The fraction of sp³-hybridized carbons (Fsp3) is 0.333. The molecule has 200 valence electrons. The molecule has 8 heteroatoms. The van der Waals surface area contributed by atoms with E-state index in [0.717, 1.165) is 37.7 Å². The Bertz CT molecular complexity index is 1250. The van der Waals surface area contributed by atoms with Crippen molar-refractivity contribution < 1.29 is 14.0 Å². The Balaban J connectivity index is 1.70. The van der Waals surface area contributed by atoms with Crippen LogP contribution in [0.5, 0.6) is 0 Å². The van der Waals surface area contributed by atoms with E-state index in [9.17, 15) is 14.0 Å². The topological polar surface area (TPSA) is 49.4 Å². The van der Waals surface area contributed by atoms with Crippen LogP contribution in [0.25, 0.3) is 0 Å². The summed E-state index contributed by atoms with van der Waals surface area (Å²) in [5, 5.41) is 4.09. The van der Waals surface area contributed by atoms with Crippen molar-refractivity contribution in [2.24, 2.45) is 0 Å². The van der Waals surface area contributed by atoms with Gasteiger partial charge in [0.25, 0.3) is 0 Å². The first-order chi connectivity index (χ1) is 18.3. The molecule has 38 heavy (non-hydrogen) atoms. The maximum Gasteiger partial charge on any atom is 0.243 e. The van der Waals surface area contributed by atoms with Gasteiger partial charge in [0.05, 0.1) is 16.5 Å². The lowest BCUT2D eigenvalue weighted by Gasteiger charge is -2.33. The molecule has 3 aromatic carbocycles. The maximum absolute atomic E-state index is 14.6. The third kappa shape index (κ3) is 7.49. The van der Waals surface area contributed by atoms with Crippen LogP contribution in [0.3, 0.4) is 0 Å². The zero-order chi connectivity index (χ0) is 27.1. The third-order valence-electron chi connectivity index (χ3n) is 6.95. The lowest BCUT2D eigenvalue weighted by molar-refractivity contribution is -0.141. The molecule has 0 aliphatic heterocycles. The molecule has 1 atom stereocenters. The van der Waals surface area contributed by atoms with Crippen LogP contribution in [-0.2, 0) is 29.0 Å². The summed E-state index contributed by atoms with van der Waals surface area (Å²) >= 11 is 18.6. The van der Waals surface area contributed by atoms with E-state index in [1.807, 2.05) is 30.3 Å². The molecule has 4 rings (SSSR count). The Hall–Kier alpha value is -2.60. The van der Waals surface area contributed by atoms with Crippen LogP contribution in [0.4, 0.5) is 4.39 Å². The van der Waals surface area contributed by atoms with Crippen LogP contribution in [0, 0.1) is 5.82 Å². The minimum Gasteiger partial charge on any atom is -0.352 e. The molecule has 0 spiro atoms. The molecule has 0 heterocycles. The van der Waals surface area contributed by atoms with Gasteiger partial charge in [0, 0.05) is 29.6 Å². The van der Waals surface area contributed by atoms with Crippen LogP contribution >= 0.6 is 34.8 Å². The second kappa shape index (κ2) is 13.5. The summed E-state index contributed by atoms with van der Waals surface area (Å²) in [7, 11) is 0. The van der Waals surface area contributed by atoms with Crippen molar-refractivity contribution in [1.29, 1.82) is 0 Å². The summed E-state index contributed by atoms with van der Waals surface area (Å²) < 4.78 is 14.6. The number of nitrogens with zero attached hydrogens (tertiary/aromatic N) is 1. The Morgan fingerprint density at radius 1 is 0.868 bits per heavy atom. The number of benzene rings is 3. The fourth-order valence-corrected chi connectivity index (χ4v) is 5.44. The molecule has 1 aliphatic carbocycles. The lowest BCUT2D eigenvalue weighted by atomic mass is 9.94. The van der Waals surface area contributed by atoms with Gasteiger partial charge in [0.1, 0.15) is 11.9 Å². The summed E-state index contributed by atoms with van der Waals surface area (Å²) in [4.78, 5) is 29.2. The summed E-state index contributed by atoms with van der Waals surface area (Å²) in [5.41, 5.74) is 1.72. The number of hydrogen-bond donors (Lipinski definition) is 1. The maximum atomic E-state index is 14.6. The highest BCUT2D eigenvalue weighted by atomic mass is 35.5. The van der Waals surface area contributed by atoms with Gasteiger partial charge in [-0.3, -0.25) is 9.59 Å². The van der Waals surface area contributed by atoms with Crippen LogP contribution in [0.2, 0.25) is 15.1 Å². The van der Waals surface area contributed by atoms with Gasteiger partial charge in [-0.1, -0.05) is 96.5 Å². The SMILES string of the molecule is O=C(NC1CCCCC1)[C@@H](Cc1ccccc1)N(Cc1ccc(Cl)c(Cl)c1)C(=O)Cc1c(F)cccc1Cl. The minimum absolute atomic E-state index is 0.0671. The first-order valence-electron chi connectivity index (χ1n) is 12.8. The largest absolute Gasteiger partial charge is 0.352 e. The van der Waals surface area contributed by atoms with Crippen molar-refractivity contribution >= 4 is 46.6 Å². The molecule has 1 saturated carbocycles. The van der Waals surface area contributed by atoms with Crippen LogP contribution in [-0.4, -0.2) is 28.8 Å². The van der Waals surface area contributed by atoms with Gasteiger partial charge in [-0.25, -0.2) is 4.39 Å². The molecule has 1 fully saturated rings. The van der Waals surface area contributed by atoms with E-state index in [0.29, 0.717) is 22.0 Å². The summed E-state index contributed by atoms with van der Waals surface area (Å²) in [6, 6.07) is 18.2. The normalized spacial score (nSPS) is 14.6. The van der Waals surface area contributed by atoms with Gasteiger partial charge < -0.3 is 10.2 Å². The summed E-state index contributed by atoms with van der Waals surface area (Å²) in [6.45, 7) is 0.0946. The van der Waals surface area contributed by atoms with E-state index >= 15 is 0 Å². The predicted octanol–water partition coefficient (Wildman–Crippen LogP) is 7.42. The van der Waals surface area contributed by atoms with E-state index in [1.54, 1.807) is 24.3 Å². The Kier molecular flexibility index (Phi) is 10.1. The average molecular weight is 576 g/mol. The van der Waals surface area contributed by atoms with Crippen LogP contribution < -0.4 is 5.32 Å². The Morgan fingerprint density at radius 3 is 2.29 bits per heavy atom. The fourth-order valence-electron chi connectivity index (χ4n) is 4.89. The van der Waals surface area contributed by atoms with Crippen molar-refractivity contribution in [3.63, 3.8) is 0 Å². The van der Waals surface area contributed by atoms with Gasteiger partial charge in [0.15, 0.2) is 0 Å². The third-order valence-corrected chi connectivity index (χ3v) is 8.04. The van der Waals surface area contributed by atoms with Gasteiger partial charge >= 0.3 is 0 Å². The van der Waals surface area contributed by atoms with Crippen LogP contribution in [0.15, 0.2) is 66.7 Å². The van der Waals surface area contributed by atoms with Crippen LogP contribution in [0.1, 0.15) is 48.8 Å². The molecule has 1 aliphatic rings. The smallest absolute Gasteiger partial charge is 0.243 e. The van der Waals surface area contributed by atoms with E-state index in [2.05, 4.69) is 5.32 Å². The van der Waals surface area contributed by atoms with E-state index in [1.165, 1.54) is 17.0 Å². The number of hydrogen-bond acceptors (Lipinski definition) is 2. The minimum atomic E-state index is -0.827. The molecule has 3 aromatic rings. The molecular weight excluding hydrogens is 546 g/mol. The molecular formula is C30H30Cl3FN2O2. The highest BCUT2D eigenvalue weighted by Crippen LogP contribution is 2.26. The number of carbonyl (C=O) groups is 2. The zero-order valence-electron chi connectivity index (χ0n) is 20.9. The highest BCUT2D eigenvalue weighted by Gasteiger charge is 2.32. The predicted molar refractivity (Wildman–Crippen MR) is 151 cm³/mol. The van der Waals surface area contributed by atoms with Gasteiger partial charge in [0.2, 0.25) is 11.8 Å². The molecule has 0 aromatic heterocycles. The van der Waals surface area contributed by atoms with Crippen molar-refractivity contribution in [3.05, 3.63) is 104 Å². The number of halogens is 4. The quantitative estimate of drug-likeness (QED) is 0.289. The molecule has 4 nitrogen and oxygen atoms in total. The van der Waals surface area contributed by atoms with Gasteiger partial charge in [-0.05, 0) is 48.2 Å². The molecule has 0 saturated heterocycles. The molecule has 2 amide bonds. The molecule has 0 radical (unpaired) electrons. The van der Waals surface area contributed by atoms with Gasteiger partial charge in [-0.2, -0.15) is 0 Å². The zero-order valence-corrected chi connectivity index (χ0v) is 23.2. The molecule has 0 unspecified atom stereocenters. The highest BCUT2D eigenvalue weighted by molar-refractivity contribution is 6.42. The monoisotopic (exact) mass is 574 g/mol. The van der Waals surface area contributed by atoms with E-state index in [-0.39, 0.29) is 35.5 Å².